The van der Waals surface area contributed by atoms with Gasteiger partial charge in [-0.1, -0.05) is 24.8 Å². The quantitative estimate of drug-likeness (QED) is 0.617. The Morgan fingerprint density at radius 3 is 2.60 bits per heavy atom. The summed E-state index contributed by atoms with van der Waals surface area (Å²) in [5.41, 5.74) is 1.79. The summed E-state index contributed by atoms with van der Waals surface area (Å²) in [4.78, 5) is 23.8. The van der Waals surface area contributed by atoms with E-state index >= 15 is 0 Å². The lowest BCUT2D eigenvalue weighted by atomic mass is 10.0. The predicted octanol–water partition coefficient (Wildman–Crippen LogP) is 2.96. The number of carbonyl (C=O) groups is 1. The normalized spacial score (nSPS) is 15.4. The highest BCUT2D eigenvalue weighted by Gasteiger charge is 2.30. The number of anilines is 1. The average Bonchev–Trinajstić information content (AvgIpc) is 2.67. The van der Waals surface area contributed by atoms with Crippen molar-refractivity contribution in [3.8, 4) is 6.07 Å². The molecule has 6 heteroatoms. The van der Waals surface area contributed by atoms with Crippen LogP contribution < -0.4 is 4.90 Å². The second-order valence-electron chi connectivity index (χ2n) is 5.95. The van der Waals surface area contributed by atoms with E-state index in [0.29, 0.717) is 17.0 Å². The van der Waals surface area contributed by atoms with Crippen LogP contribution in [0.5, 0.6) is 0 Å². The Kier molecular flexibility index (Phi) is 5.24. The standard InChI is InChI=1S/C19H20N4O2/c1-2-12-25-19(24)14(13-20)17-18(23-10-6-3-7-11-23)22-16-9-5-4-8-15(16)21-17/h2,4-5,8-9,14H,1,3,6-7,10-12H2/t14-/m1/s1. The van der Waals surface area contributed by atoms with Gasteiger partial charge in [-0.05, 0) is 31.4 Å². The highest BCUT2D eigenvalue weighted by Crippen LogP contribution is 2.29. The molecule has 1 aliphatic rings. The van der Waals surface area contributed by atoms with Gasteiger partial charge >= 0.3 is 5.97 Å². The number of para-hydroxylation sites is 2. The molecule has 0 aliphatic carbocycles. The first-order valence-corrected chi connectivity index (χ1v) is 8.43. The van der Waals surface area contributed by atoms with Crippen molar-refractivity contribution in [2.24, 2.45) is 0 Å². The summed E-state index contributed by atoms with van der Waals surface area (Å²) in [5.74, 6) is -1.11. The van der Waals surface area contributed by atoms with E-state index in [2.05, 4.69) is 16.5 Å². The van der Waals surface area contributed by atoms with Crippen molar-refractivity contribution in [1.82, 2.24) is 9.97 Å². The number of hydrogen-bond donors (Lipinski definition) is 0. The second-order valence-corrected chi connectivity index (χ2v) is 5.95. The Morgan fingerprint density at radius 2 is 1.96 bits per heavy atom. The van der Waals surface area contributed by atoms with E-state index in [1.807, 2.05) is 30.3 Å². The van der Waals surface area contributed by atoms with Crippen LogP contribution >= 0.6 is 0 Å². The number of aromatic nitrogens is 2. The van der Waals surface area contributed by atoms with Crippen molar-refractivity contribution < 1.29 is 9.53 Å². The molecule has 1 fully saturated rings. The van der Waals surface area contributed by atoms with Crippen LogP contribution in [0, 0.1) is 11.3 Å². The van der Waals surface area contributed by atoms with E-state index in [4.69, 9.17) is 9.72 Å². The molecular weight excluding hydrogens is 316 g/mol. The zero-order chi connectivity index (χ0) is 17.6. The predicted molar refractivity (Wildman–Crippen MR) is 95.1 cm³/mol. The van der Waals surface area contributed by atoms with E-state index < -0.39 is 11.9 Å². The van der Waals surface area contributed by atoms with Crippen molar-refractivity contribution in [2.45, 2.75) is 25.2 Å². The molecule has 1 aromatic heterocycles. The molecule has 2 heterocycles. The number of hydrogen-bond acceptors (Lipinski definition) is 6. The first kappa shape index (κ1) is 16.9. The molecule has 6 nitrogen and oxygen atoms in total. The molecule has 1 aliphatic heterocycles. The van der Waals surface area contributed by atoms with Crippen LogP contribution in [-0.4, -0.2) is 35.6 Å². The van der Waals surface area contributed by atoms with Crippen molar-refractivity contribution in [3.63, 3.8) is 0 Å². The van der Waals surface area contributed by atoms with Gasteiger partial charge in [0.25, 0.3) is 0 Å². The third-order valence-corrected chi connectivity index (χ3v) is 4.22. The zero-order valence-corrected chi connectivity index (χ0v) is 14.0. The lowest BCUT2D eigenvalue weighted by Gasteiger charge is -2.29. The van der Waals surface area contributed by atoms with Crippen molar-refractivity contribution in [1.29, 1.82) is 5.26 Å². The molecule has 0 radical (unpaired) electrons. The number of ether oxygens (including phenoxy) is 1. The summed E-state index contributed by atoms with van der Waals surface area (Å²) in [5, 5.41) is 9.58. The van der Waals surface area contributed by atoms with Crippen LogP contribution in [0.2, 0.25) is 0 Å². The number of fused-ring (bicyclic) bond motifs is 1. The Morgan fingerprint density at radius 1 is 1.28 bits per heavy atom. The summed E-state index contributed by atoms with van der Waals surface area (Å²) in [6.45, 7) is 5.29. The fourth-order valence-electron chi connectivity index (χ4n) is 2.99. The number of esters is 1. The summed E-state index contributed by atoms with van der Waals surface area (Å²) >= 11 is 0. The van der Waals surface area contributed by atoms with Gasteiger partial charge in [-0.3, -0.25) is 4.79 Å². The number of piperidine rings is 1. The van der Waals surface area contributed by atoms with Crippen LogP contribution in [0.1, 0.15) is 30.9 Å². The Labute approximate surface area is 146 Å². The van der Waals surface area contributed by atoms with Crippen LogP contribution in [0.25, 0.3) is 11.0 Å². The number of carbonyl (C=O) groups excluding carboxylic acids is 1. The Bertz CT molecular complexity index is 822. The van der Waals surface area contributed by atoms with Gasteiger partial charge in [0.2, 0.25) is 0 Å². The monoisotopic (exact) mass is 336 g/mol. The Balaban J connectivity index is 2.08. The third kappa shape index (κ3) is 3.61. The minimum absolute atomic E-state index is 0.0665. The maximum absolute atomic E-state index is 12.3. The summed E-state index contributed by atoms with van der Waals surface area (Å²) in [6.07, 6.45) is 4.78. The summed E-state index contributed by atoms with van der Waals surface area (Å²) < 4.78 is 5.09. The van der Waals surface area contributed by atoms with Gasteiger partial charge in [0, 0.05) is 13.1 Å². The molecule has 1 aromatic carbocycles. The first-order valence-electron chi connectivity index (χ1n) is 8.43. The summed E-state index contributed by atoms with van der Waals surface area (Å²) in [7, 11) is 0. The average molecular weight is 336 g/mol. The first-order chi connectivity index (χ1) is 12.2. The van der Waals surface area contributed by atoms with E-state index in [0.717, 1.165) is 31.4 Å². The van der Waals surface area contributed by atoms with E-state index in [1.165, 1.54) is 12.5 Å². The molecular formula is C19H20N4O2. The Hall–Kier alpha value is -2.94. The molecule has 1 atom stereocenters. The van der Waals surface area contributed by atoms with Crippen molar-refractivity contribution in [2.75, 3.05) is 24.6 Å². The number of rotatable bonds is 5. The minimum Gasteiger partial charge on any atom is -0.460 e. The van der Waals surface area contributed by atoms with Gasteiger partial charge < -0.3 is 9.64 Å². The lowest BCUT2D eigenvalue weighted by Crippen LogP contribution is -2.32. The second kappa shape index (κ2) is 7.75. The minimum atomic E-state index is -1.10. The molecule has 3 rings (SSSR count). The fourth-order valence-corrected chi connectivity index (χ4v) is 2.99. The molecule has 2 aromatic rings. The van der Waals surface area contributed by atoms with Gasteiger partial charge in [-0.2, -0.15) is 5.26 Å². The molecule has 128 valence electrons. The number of nitrogens with zero attached hydrogens (tertiary/aromatic N) is 4. The van der Waals surface area contributed by atoms with Crippen LogP contribution in [0.15, 0.2) is 36.9 Å². The number of nitriles is 1. The van der Waals surface area contributed by atoms with Gasteiger partial charge in [-0.25, -0.2) is 9.97 Å². The highest BCUT2D eigenvalue weighted by molar-refractivity contribution is 5.85. The third-order valence-electron chi connectivity index (χ3n) is 4.22. The smallest absolute Gasteiger partial charge is 0.330 e. The van der Waals surface area contributed by atoms with Crippen LogP contribution in [0.4, 0.5) is 5.82 Å². The van der Waals surface area contributed by atoms with Crippen LogP contribution in [0.3, 0.4) is 0 Å². The molecule has 25 heavy (non-hydrogen) atoms. The maximum atomic E-state index is 12.3. The van der Waals surface area contributed by atoms with Crippen molar-refractivity contribution >= 4 is 22.8 Å². The topological polar surface area (TPSA) is 79.1 Å². The van der Waals surface area contributed by atoms with E-state index in [9.17, 15) is 10.1 Å². The largest absolute Gasteiger partial charge is 0.460 e. The molecule has 0 unspecified atom stereocenters. The molecule has 0 bridgehead atoms. The van der Waals surface area contributed by atoms with Crippen molar-refractivity contribution in [3.05, 3.63) is 42.6 Å². The van der Waals surface area contributed by atoms with Gasteiger partial charge in [0.1, 0.15) is 12.3 Å². The zero-order valence-electron chi connectivity index (χ0n) is 14.0. The van der Waals surface area contributed by atoms with Gasteiger partial charge in [0.05, 0.1) is 17.1 Å². The van der Waals surface area contributed by atoms with Gasteiger partial charge in [-0.15, -0.1) is 0 Å². The summed E-state index contributed by atoms with van der Waals surface area (Å²) in [6, 6.07) is 9.51. The maximum Gasteiger partial charge on any atom is 0.330 e. The van der Waals surface area contributed by atoms with E-state index in [-0.39, 0.29) is 6.61 Å². The molecule has 0 spiro atoms. The van der Waals surface area contributed by atoms with Gasteiger partial charge in [0.15, 0.2) is 11.7 Å². The molecule has 1 saturated heterocycles. The highest BCUT2D eigenvalue weighted by atomic mass is 16.5. The molecule has 0 N–H and O–H groups in total. The number of benzene rings is 1. The van der Waals surface area contributed by atoms with E-state index in [1.54, 1.807) is 0 Å². The lowest BCUT2D eigenvalue weighted by molar-refractivity contribution is -0.142. The molecule has 0 saturated carbocycles. The fraction of sp³-hybridized carbons (Fsp3) is 0.368. The molecule has 0 amide bonds. The SMILES string of the molecule is C=CCOC(=O)[C@H](C#N)c1nc2ccccc2nc1N1CCCCC1. The van der Waals surface area contributed by atoms with Crippen LogP contribution in [-0.2, 0) is 9.53 Å².